The molecule has 160 valence electrons. The van der Waals surface area contributed by atoms with E-state index < -0.39 is 0 Å². The van der Waals surface area contributed by atoms with E-state index in [2.05, 4.69) is 5.32 Å². The van der Waals surface area contributed by atoms with Gasteiger partial charge in [0.05, 0.1) is 26.9 Å². The lowest BCUT2D eigenvalue weighted by atomic mass is 10.1. The van der Waals surface area contributed by atoms with E-state index in [0.717, 1.165) is 34.6 Å². The summed E-state index contributed by atoms with van der Waals surface area (Å²) in [5.74, 6) is 2.78. The van der Waals surface area contributed by atoms with E-state index >= 15 is 0 Å². The molecule has 3 rings (SSSR count). The molecule has 2 aromatic carbocycles. The Bertz CT molecular complexity index is 937. The molecule has 0 saturated heterocycles. The number of methoxy groups -OCH3 is 2. The number of hydrogen-bond acceptors (Lipinski definition) is 5. The maximum atomic E-state index is 12.6. The molecule has 1 amide bonds. The fourth-order valence-corrected chi connectivity index (χ4v) is 3.55. The number of carbonyl (C=O) groups is 1. The van der Waals surface area contributed by atoms with E-state index in [4.69, 9.17) is 18.9 Å². The third-order valence-electron chi connectivity index (χ3n) is 5.00. The molecule has 30 heavy (non-hydrogen) atoms. The van der Waals surface area contributed by atoms with Gasteiger partial charge >= 0.3 is 0 Å². The molecule has 1 N–H and O–H groups in total. The molecule has 0 aliphatic carbocycles. The highest BCUT2D eigenvalue weighted by Gasteiger charge is 2.21. The zero-order chi connectivity index (χ0) is 21.7. The first-order valence-electron chi connectivity index (χ1n) is 10.1. The van der Waals surface area contributed by atoms with Crippen molar-refractivity contribution >= 4 is 12.0 Å². The van der Waals surface area contributed by atoms with Crippen molar-refractivity contribution in [2.24, 2.45) is 0 Å². The Balaban J connectivity index is 1.76. The van der Waals surface area contributed by atoms with Crippen LogP contribution in [0, 0.1) is 0 Å². The van der Waals surface area contributed by atoms with Crippen LogP contribution >= 0.6 is 0 Å². The average molecular weight is 411 g/mol. The summed E-state index contributed by atoms with van der Waals surface area (Å²) in [6.07, 6.45) is 4.27. The van der Waals surface area contributed by atoms with E-state index in [0.29, 0.717) is 18.1 Å². The van der Waals surface area contributed by atoms with Crippen LogP contribution in [0.15, 0.2) is 36.4 Å². The van der Waals surface area contributed by atoms with Crippen LogP contribution in [0.25, 0.3) is 6.08 Å². The highest BCUT2D eigenvalue weighted by atomic mass is 16.5. The quantitative estimate of drug-likeness (QED) is 0.656. The standard InChI is InChI=1S/C24H29NO5/c1-6-29-22-13-18-11-15(2)30-23(18)12-17(22)7-10-24(26)25-16(3)20-14-19(27-4)8-9-21(20)28-5/h7-10,12-16H,6,11H2,1-5H3,(H,25,26)/b10-7+/t15-,16-/m1/s1. The summed E-state index contributed by atoms with van der Waals surface area (Å²) in [4.78, 5) is 12.6. The van der Waals surface area contributed by atoms with Crippen molar-refractivity contribution in [3.63, 3.8) is 0 Å². The Labute approximate surface area is 177 Å². The first kappa shape index (κ1) is 21.6. The number of hydrogen-bond donors (Lipinski definition) is 1. The Hall–Kier alpha value is -3.15. The van der Waals surface area contributed by atoms with E-state index in [1.807, 2.05) is 51.1 Å². The summed E-state index contributed by atoms with van der Waals surface area (Å²) in [5, 5.41) is 2.97. The number of rotatable bonds is 8. The van der Waals surface area contributed by atoms with Gasteiger partial charge < -0.3 is 24.3 Å². The molecule has 0 fully saturated rings. The lowest BCUT2D eigenvalue weighted by molar-refractivity contribution is -0.117. The average Bonchev–Trinajstić information content (AvgIpc) is 3.10. The Morgan fingerprint density at radius 3 is 2.73 bits per heavy atom. The van der Waals surface area contributed by atoms with Crippen LogP contribution in [-0.2, 0) is 11.2 Å². The minimum absolute atomic E-state index is 0.149. The SMILES string of the molecule is CCOc1cc2c(cc1/C=C/C(=O)N[C@H](C)c1cc(OC)ccc1OC)O[C@H](C)C2. The first-order chi connectivity index (χ1) is 14.4. The highest BCUT2D eigenvalue weighted by molar-refractivity contribution is 5.92. The van der Waals surface area contributed by atoms with Gasteiger partial charge in [-0.3, -0.25) is 4.79 Å². The second-order valence-electron chi connectivity index (χ2n) is 7.23. The third kappa shape index (κ3) is 4.87. The second-order valence-corrected chi connectivity index (χ2v) is 7.23. The van der Waals surface area contributed by atoms with Gasteiger partial charge in [0, 0.05) is 29.2 Å². The molecule has 6 heteroatoms. The molecule has 0 aromatic heterocycles. The molecule has 0 radical (unpaired) electrons. The van der Waals surface area contributed by atoms with E-state index in [-0.39, 0.29) is 18.1 Å². The molecular weight excluding hydrogens is 382 g/mol. The number of fused-ring (bicyclic) bond motifs is 1. The van der Waals surface area contributed by atoms with Crippen LogP contribution in [0.3, 0.4) is 0 Å². The van der Waals surface area contributed by atoms with Gasteiger partial charge in [0.15, 0.2) is 0 Å². The summed E-state index contributed by atoms with van der Waals surface area (Å²) in [5.41, 5.74) is 2.78. The molecule has 1 aliphatic heterocycles. The van der Waals surface area contributed by atoms with Crippen LogP contribution in [0.2, 0.25) is 0 Å². The Kier molecular flexibility index (Phi) is 6.87. The van der Waals surface area contributed by atoms with Crippen molar-refractivity contribution in [3.05, 3.63) is 53.1 Å². The predicted molar refractivity (Wildman–Crippen MR) is 117 cm³/mol. The first-order valence-corrected chi connectivity index (χ1v) is 10.1. The van der Waals surface area contributed by atoms with Gasteiger partial charge in [-0.05, 0) is 57.2 Å². The maximum Gasteiger partial charge on any atom is 0.244 e. The van der Waals surface area contributed by atoms with Gasteiger partial charge in [-0.1, -0.05) is 0 Å². The fraction of sp³-hybridized carbons (Fsp3) is 0.375. The smallest absolute Gasteiger partial charge is 0.244 e. The third-order valence-corrected chi connectivity index (χ3v) is 5.00. The molecule has 2 aromatic rings. The molecule has 0 bridgehead atoms. The minimum Gasteiger partial charge on any atom is -0.497 e. The predicted octanol–water partition coefficient (Wildman–Crippen LogP) is 4.32. The number of nitrogens with one attached hydrogen (secondary N) is 1. The second kappa shape index (κ2) is 9.57. The number of ether oxygens (including phenoxy) is 4. The summed E-state index contributed by atoms with van der Waals surface area (Å²) in [7, 11) is 3.21. The van der Waals surface area contributed by atoms with Gasteiger partial charge in [0.2, 0.25) is 5.91 Å². The van der Waals surface area contributed by atoms with Crippen LogP contribution in [0.5, 0.6) is 23.0 Å². The minimum atomic E-state index is -0.261. The van der Waals surface area contributed by atoms with Crippen molar-refractivity contribution in [3.8, 4) is 23.0 Å². The van der Waals surface area contributed by atoms with Gasteiger partial charge in [0.25, 0.3) is 0 Å². The van der Waals surface area contributed by atoms with E-state index in [9.17, 15) is 4.79 Å². The molecule has 1 heterocycles. The van der Waals surface area contributed by atoms with Crippen LogP contribution in [0.4, 0.5) is 0 Å². The van der Waals surface area contributed by atoms with Gasteiger partial charge in [0.1, 0.15) is 29.1 Å². The molecule has 6 nitrogen and oxygen atoms in total. The Morgan fingerprint density at radius 2 is 2.03 bits per heavy atom. The molecule has 0 spiro atoms. The van der Waals surface area contributed by atoms with E-state index in [1.165, 1.54) is 6.08 Å². The summed E-state index contributed by atoms with van der Waals surface area (Å²) >= 11 is 0. The summed E-state index contributed by atoms with van der Waals surface area (Å²) in [6, 6.07) is 9.18. The van der Waals surface area contributed by atoms with Gasteiger partial charge in [-0.25, -0.2) is 0 Å². The molecule has 2 atom stereocenters. The van der Waals surface area contributed by atoms with Crippen LogP contribution in [-0.4, -0.2) is 32.8 Å². The number of carbonyl (C=O) groups excluding carboxylic acids is 1. The lowest BCUT2D eigenvalue weighted by Crippen LogP contribution is -2.25. The molecule has 0 saturated carbocycles. The number of benzene rings is 2. The fourth-order valence-electron chi connectivity index (χ4n) is 3.55. The monoisotopic (exact) mass is 411 g/mol. The molecule has 0 unspecified atom stereocenters. The topological polar surface area (TPSA) is 66.0 Å². The van der Waals surface area contributed by atoms with E-state index in [1.54, 1.807) is 20.3 Å². The lowest BCUT2D eigenvalue weighted by Gasteiger charge is -2.17. The zero-order valence-corrected chi connectivity index (χ0v) is 18.2. The molecule has 1 aliphatic rings. The normalized spacial score (nSPS) is 16.0. The van der Waals surface area contributed by atoms with Crippen LogP contribution < -0.4 is 24.3 Å². The molecular formula is C24H29NO5. The number of amides is 1. The van der Waals surface area contributed by atoms with Gasteiger partial charge in [-0.15, -0.1) is 0 Å². The van der Waals surface area contributed by atoms with Crippen molar-refractivity contribution in [1.82, 2.24) is 5.32 Å². The van der Waals surface area contributed by atoms with Crippen molar-refractivity contribution in [2.45, 2.75) is 39.3 Å². The Morgan fingerprint density at radius 1 is 1.23 bits per heavy atom. The van der Waals surface area contributed by atoms with Gasteiger partial charge in [-0.2, -0.15) is 0 Å². The van der Waals surface area contributed by atoms with Crippen LogP contribution in [0.1, 0.15) is 43.5 Å². The van der Waals surface area contributed by atoms with Crippen molar-refractivity contribution < 1.29 is 23.7 Å². The van der Waals surface area contributed by atoms with Crippen molar-refractivity contribution in [1.29, 1.82) is 0 Å². The summed E-state index contributed by atoms with van der Waals surface area (Å²) < 4.78 is 22.3. The maximum absolute atomic E-state index is 12.6. The van der Waals surface area contributed by atoms with Crippen molar-refractivity contribution in [2.75, 3.05) is 20.8 Å². The summed E-state index contributed by atoms with van der Waals surface area (Å²) in [6.45, 7) is 6.43. The zero-order valence-electron chi connectivity index (χ0n) is 18.2. The largest absolute Gasteiger partial charge is 0.497 e. The highest BCUT2D eigenvalue weighted by Crippen LogP contribution is 2.36.